The lowest BCUT2D eigenvalue weighted by Crippen LogP contribution is -2.18. The summed E-state index contributed by atoms with van der Waals surface area (Å²) in [5.41, 5.74) is 8.66. The molecule has 0 fully saturated rings. The number of amides is 1. The van der Waals surface area contributed by atoms with Crippen LogP contribution in [0.3, 0.4) is 0 Å². The minimum atomic E-state index is -0.460. The monoisotopic (exact) mass is 291 g/mol. The molecule has 2 aromatic carbocycles. The molecule has 3 rings (SSSR count). The van der Waals surface area contributed by atoms with E-state index in [1.54, 1.807) is 12.3 Å². The van der Waals surface area contributed by atoms with Gasteiger partial charge in [0.1, 0.15) is 0 Å². The number of fused-ring (bicyclic) bond motifs is 1. The number of para-hydroxylation sites is 1. The molecule has 22 heavy (non-hydrogen) atoms. The van der Waals surface area contributed by atoms with Crippen molar-refractivity contribution in [2.75, 3.05) is 11.4 Å². The predicted molar refractivity (Wildman–Crippen MR) is 89.4 cm³/mol. The van der Waals surface area contributed by atoms with Crippen LogP contribution < -0.4 is 10.6 Å². The maximum atomic E-state index is 11.6. The van der Waals surface area contributed by atoms with Crippen LogP contribution in [0.5, 0.6) is 0 Å². The van der Waals surface area contributed by atoms with Gasteiger partial charge in [-0.2, -0.15) is 0 Å². The molecule has 2 N–H and O–H groups in total. The zero-order valence-corrected chi connectivity index (χ0v) is 12.4. The van der Waals surface area contributed by atoms with Gasteiger partial charge in [-0.15, -0.1) is 0 Å². The first-order valence-corrected chi connectivity index (χ1v) is 7.22. The second-order valence-electron chi connectivity index (χ2n) is 4.98. The average Bonchev–Trinajstić information content (AvgIpc) is 2.56. The fraction of sp³-hybridized carbons (Fsp3) is 0.111. The zero-order valence-electron chi connectivity index (χ0n) is 12.4. The topological polar surface area (TPSA) is 59.2 Å². The van der Waals surface area contributed by atoms with Gasteiger partial charge in [0.05, 0.1) is 16.8 Å². The smallest absolute Gasteiger partial charge is 0.250 e. The van der Waals surface area contributed by atoms with Crippen molar-refractivity contribution in [3.05, 3.63) is 66.4 Å². The Hall–Kier alpha value is -2.88. The van der Waals surface area contributed by atoms with Gasteiger partial charge in [-0.25, -0.2) is 0 Å². The van der Waals surface area contributed by atoms with E-state index in [0.717, 1.165) is 23.3 Å². The molecule has 0 saturated heterocycles. The summed E-state index contributed by atoms with van der Waals surface area (Å²) >= 11 is 0. The highest BCUT2D eigenvalue weighted by atomic mass is 16.1. The predicted octanol–water partition coefficient (Wildman–Crippen LogP) is 3.49. The summed E-state index contributed by atoms with van der Waals surface area (Å²) in [7, 11) is 0. The molecule has 0 unspecified atom stereocenters. The van der Waals surface area contributed by atoms with Crippen molar-refractivity contribution in [3.63, 3.8) is 0 Å². The van der Waals surface area contributed by atoms with Crippen LogP contribution in [0.2, 0.25) is 0 Å². The largest absolute Gasteiger partial charge is 0.366 e. The highest BCUT2D eigenvalue weighted by Gasteiger charge is 2.15. The Morgan fingerprint density at radius 1 is 1.09 bits per heavy atom. The first kappa shape index (κ1) is 14.1. The third kappa shape index (κ3) is 2.39. The van der Waals surface area contributed by atoms with E-state index < -0.39 is 5.91 Å². The van der Waals surface area contributed by atoms with Crippen LogP contribution in [0.25, 0.3) is 10.9 Å². The second kappa shape index (κ2) is 5.85. The molecular formula is C18H17N3O. The van der Waals surface area contributed by atoms with Gasteiger partial charge < -0.3 is 10.6 Å². The fourth-order valence-corrected chi connectivity index (χ4v) is 2.69. The van der Waals surface area contributed by atoms with Crippen molar-refractivity contribution in [2.24, 2.45) is 5.73 Å². The first-order chi connectivity index (χ1) is 10.7. The van der Waals surface area contributed by atoms with Crippen LogP contribution in [0.1, 0.15) is 17.3 Å². The third-order valence-electron chi connectivity index (χ3n) is 3.69. The van der Waals surface area contributed by atoms with E-state index in [2.05, 4.69) is 28.9 Å². The lowest BCUT2D eigenvalue weighted by atomic mass is 10.1. The van der Waals surface area contributed by atoms with Crippen molar-refractivity contribution in [1.29, 1.82) is 0 Å². The molecule has 0 spiro atoms. The van der Waals surface area contributed by atoms with Crippen LogP contribution in [0.4, 0.5) is 11.4 Å². The van der Waals surface area contributed by atoms with E-state index in [1.165, 1.54) is 0 Å². The molecular weight excluding hydrogens is 274 g/mol. The Bertz CT molecular complexity index is 815. The number of nitrogens with zero attached hydrogens (tertiary/aromatic N) is 2. The maximum Gasteiger partial charge on any atom is 0.250 e. The van der Waals surface area contributed by atoms with Gasteiger partial charge in [0.2, 0.25) is 0 Å². The van der Waals surface area contributed by atoms with Crippen molar-refractivity contribution < 1.29 is 4.79 Å². The number of benzene rings is 2. The Kier molecular flexibility index (Phi) is 3.74. The van der Waals surface area contributed by atoms with Gasteiger partial charge in [-0.3, -0.25) is 9.78 Å². The quantitative estimate of drug-likeness (QED) is 0.800. The molecule has 4 nitrogen and oxygen atoms in total. The number of aromatic nitrogens is 1. The fourth-order valence-electron chi connectivity index (χ4n) is 2.69. The van der Waals surface area contributed by atoms with Gasteiger partial charge >= 0.3 is 0 Å². The maximum absolute atomic E-state index is 11.6. The van der Waals surface area contributed by atoms with Crippen molar-refractivity contribution in [3.8, 4) is 0 Å². The summed E-state index contributed by atoms with van der Waals surface area (Å²) in [5, 5.41) is 0.921. The summed E-state index contributed by atoms with van der Waals surface area (Å²) in [6.45, 7) is 2.90. The van der Waals surface area contributed by atoms with Gasteiger partial charge in [-0.1, -0.05) is 18.2 Å². The number of anilines is 2. The van der Waals surface area contributed by atoms with E-state index in [0.29, 0.717) is 11.1 Å². The van der Waals surface area contributed by atoms with Crippen molar-refractivity contribution >= 4 is 28.2 Å². The number of pyridine rings is 1. The lowest BCUT2D eigenvalue weighted by Gasteiger charge is -2.25. The molecule has 3 aromatic rings. The highest BCUT2D eigenvalue weighted by molar-refractivity contribution is 6.08. The molecule has 1 heterocycles. The van der Waals surface area contributed by atoms with E-state index in [4.69, 9.17) is 5.73 Å². The van der Waals surface area contributed by atoms with E-state index in [9.17, 15) is 4.79 Å². The Balaban J connectivity index is 2.23. The molecule has 0 saturated carbocycles. The normalized spacial score (nSPS) is 10.6. The number of primary amides is 1. The SMILES string of the molecule is CCN(c1ccccc1)c1ccc(C(N)=O)c2ncccc12. The van der Waals surface area contributed by atoms with Crippen LogP contribution >= 0.6 is 0 Å². The van der Waals surface area contributed by atoms with E-state index in [1.807, 2.05) is 36.4 Å². The number of hydrogen-bond acceptors (Lipinski definition) is 3. The second-order valence-corrected chi connectivity index (χ2v) is 4.98. The number of rotatable bonds is 4. The molecule has 4 heteroatoms. The van der Waals surface area contributed by atoms with E-state index in [-0.39, 0.29) is 0 Å². The minimum Gasteiger partial charge on any atom is -0.366 e. The Morgan fingerprint density at radius 2 is 1.86 bits per heavy atom. The molecule has 0 atom stereocenters. The third-order valence-corrected chi connectivity index (χ3v) is 3.69. The summed E-state index contributed by atoms with van der Waals surface area (Å²) in [6, 6.07) is 17.7. The zero-order chi connectivity index (χ0) is 15.5. The minimum absolute atomic E-state index is 0.448. The molecule has 1 aromatic heterocycles. The Labute approximate surface area is 129 Å². The Morgan fingerprint density at radius 3 is 2.55 bits per heavy atom. The molecule has 1 amide bonds. The summed E-state index contributed by atoms with van der Waals surface area (Å²) in [6.07, 6.45) is 1.68. The van der Waals surface area contributed by atoms with Gasteiger partial charge in [-0.05, 0) is 43.3 Å². The van der Waals surface area contributed by atoms with Crippen molar-refractivity contribution in [2.45, 2.75) is 6.92 Å². The lowest BCUT2D eigenvalue weighted by molar-refractivity contribution is 0.100. The molecule has 0 aliphatic heterocycles. The number of carbonyl (C=O) groups is 1. The molecule has 0 radical (unpaired) electrons. The van der Waals surface area contributed by atoms with Gasteiger partial charge in [0, 0.05) is 23.8 Å². The average molecular weight is 291 g/mol. The standard InChI is InChI=1S/C18H17N3O/c1-2-21(13-7-4-3-5-8-13)16-11-10-15(18(19)22)17-14(16)9-6-12-20-17/h3-12H,2H2,1H3,(H2,19,22). The summed E-state index contributed by atoms with van der Waals surface area (Å²) in [5.74, 6) is -0.460. The van der Waals surface area contributed by atoms with E-state index >= 15 is 0 Å². The van der Waals surface area contributed by atoms with Gasteiger partial charge in [0.25, 0.3) is 5.91 Å². The highest BCUT2D eigenvalue weighted by Crippen LogP contribution is 2.32. The number of nitrogens with two attached hydrogens (primary N) is 1. The summed E-state index contributed by atoms with van der Waals surface area (Å²) < 4.78 is 0. The van der Waals surface area contributed by atoms with Crippen LogP contribution in [-0.2, 0) is 0 Å². The van der Waals surface area contributed by atoms with Crippen LogP contribution in [-0.4, -0.2) is 17.4 Å². The number of carbonyl (C=O) groups excluding carboxylic acids is 1. The van der Waals surface area contributed by atoms with Gasteiger partial charge in [0.15, 0.2) is 0 Å². The number of hydrogen-bond donors (Lipinski definition) is 1. The summed E-state index contributed by atoms with van der Waals surface area (Å²) in [4.78, 5) is 18.1. The molecule has 0 bridgehead atoms. The molecule has 0 aliphatic carbocycles. The molecule has 110 valence electrons. The van der Waals surface area contributed by atoms with Crippen molar-refractivity contribution in [1.82, 2.24) is 4.98 Å². The van der Waals surface area contributed by atoms with Crippen LogP contribution in [0, 0.1) is 0 Å². The molecule has 0 aliphatic rings. The first-order valence-electron chi connectivity index (χ1n) is 7.22. The van der Waals surface area contributed by atoms with Crippen LogP contribution in [0.15, 0.2) is 60.8 Å².